The number of carboxylic acid groups (broad SMARTS) is 1. The molecule has 0 saturated heterocycles. The maximum atomic E-state index is 10.9. The van der Waals surface area contributed by atoms with Gasteiger partial charge in [-0.2, -0.15) is 0 Å². The number of rotatable bonds is 15. The summed E-state index contributed by atoms with van der Waals surface area (Å²) in [6, 6.07) is 0. The Bertz CT molecular complexity index is 229. The van der Waals surface area contributed by atoms with Crippen LogP contribution in [-0.4, -0.2) is 34.5 Å². The van der Waals surface area contributed by atoms with Gasteiger partial charge in [-0.3, -0.25) is 4.79 Å². The Hall–Kier alpha value is -0.610. The first-order chi connectivity index (χ1) is 11.1. The Morgan fingerprint density at radius 2 is 1.13 bits per heavy atom. The third kappa shape index (κ3) is 23.8. The minimum atomic E-state index is -0.619. The average molecular weight is 333 g/mol. The highest BCUT2D eigenvalue weighted by molar-refractivity contribution is 5.66. The van der Waals surface area contributed by atoms with E-state index < -0.39 is 5.97 Å². The summed E-state index contributed by atoms with van der Waals surface area (Å²) in [6.45, 7) is 4.20. The number of carbonyl (C=O) groups is 1. The van der Waals surface area contributed by atoms with Gasteiger partial charge in [0.2, 0.25) is 0 Å². The van der Waals surface area contributed by atoms with Gasteiger partial charge in [0.25, 0.3) is 0 Å². The summed E-state index contributed by atoms with van der Waals surface area (Å²) in [6.07, 6.45) is 15.4. The maximum Gasteiger partial charge on any atom is 0.303 e. The van der Waals surface area contributed by atoms with Crippen LogP contribution in [0.3, 0.4) is 0 Å². The van der Waals surface area contributed by atoms with Crippen LogP contribution in [0, 0.1) is 5.92 Å². The van der Waals surface area contributed by atoms with E-state index >= 15 is 0 Å². The van der Waals surface area contributed by atoms with E-state index in [1.54, 1.807) is 0 Å². The van der Waals surface area contributed by atoms with Crippen molar-refractivity contribution in [2.45, 2.75) is 97.3 Å². The molecule has 0 fully saturated rings. The maximum absolute atomic E-state index is 10.9. The van der Waals surface area contributed by atoms with Gasteiger partial charge >= 0.3 is 5.97 Å². The molecule has 0 spiro atoms. The van der Waals surface area contributed by atoms with Crippen molar-refractivity contribution in [1.29, 1.82) is 0 Å². The SMILES string of the molecule is CCCCCCCCC(CCCCCC)CC(=O)O.OCCO. The van der Waals surface area contributed by atoms with Crippen LogP contribution in [-0.2, 0) is 4.79 Å². The molecule has 0 aromatic rings. The van der Waals surface area contributed by atoms with Crippen molar-refractivity contribution in [3.63, 3.8) is 0 Å². The molecule has 140 valence electrons. The van der Waals surface area contributed by atoms with Crippen LogP contribution in [0.15, 0.2) is 0 Å². The highest BCUT2D eigenvalue weighted by Gasteiger charge is 2.12. The lowest BCUT2D eigenvalue weighted by atomic mass is 9.91. The topological polar surface area (TPSA) is 77.8 Å². The van der Waals surface area contributed by atoms with Gasteiger partial charge in [-0.25, -0.2) is 0 Å². The summed E-state index contributed by atoms with van der Waals surface area (Å²) in [5.41, 5.74) is 0. The Morgan fingerprint density at radius 1 is 0.739 bits per heavy atom. The average Bonchev–Trinajstić information content (AvgIpc) is 2.54. The van der Waals surface area contributed by atoms with Crippen LogP contribution >= 0.6 is 0 Å². The minimum absolute atomic E-state index is 0.125. The van der Waals surface area contributed by atoms with Gasteiger partial charge in [0.15, 0.2) is 0 Å². The van der Waals surface area contributed by atoms with Gasteiger partial charge < -0.3 is 15.3 Å². The molecule has 4 heteroatoms. The van der Waals surface area contributed by atoms with E-state index in [2.05, 4.69) is 13.8 Å². The van der Waals surface area contributed by atoms with Crippen LogP contribution in [0.1, 0.15) is 97.3 Å². The number of aliphatic carboxylic acids is 1. The molecule has 0 radical (unpaired) electrons. The fraction of sp³-hybridized carbons (Fsp3) is 0.947. The highest BCUT2D eigenvalue weighted by atomic mass is 16.4. The van der Waals surface area contributed by atoms with Gasteiger partial charge in [0.05, 0.1) is 13.2 Å². The van der Waals surface area contributed by atoms with E-state index in [4.69, 9.17) is 15.3 Å². The van der Waals surface area contributed by atoms with Crippen molar-refractivity contribution in [2.75, 3.05) is 13.2 Å². The number of aliphatic hydroxyl groups excluding tert-OH is 2. The normalized spacial score (nSPS) is 11.7. The molecule has 0 amide bonds. The third-order valence-corrected chi connectivity index (χ3v) is 4.00. The fourth-order valence-corrected chi connectivity index (χ4v) is 2.67. The summed E-state index contributed by atoms with van der Waals surface area (Å²) in [5, 5.41) is 24.2. The van der Waals surface area contributed by atoms with E-state index in [1.807, 2.05) is 0 Å². The number of carboxylic acids is 1. The molecule has 0 aromatic heterocycles. The van der Waals surface area contributed by atoms with E-state index in [-0.39, 0.29) is 13.2 Å². The lowest BCUT2D eigenvalue weighted by Crippen LogP contribution is -2.08. The van der Waals surface area contributed by atoms with Gasteiger partial charge in [-0.15, -0.1) is 0 Å². The van der Waals surface area contributed by atoms with Crippen molar-refractivity contribution in [3.05, 3.63) is 0 Å². The molecule has 0 aliphatic rings. The second-order valence-corrected chi connectivity index (χ2v) is 6.32. The van der Waals surface area contributed by atoms with Crippen molar-refractivity contribution in [3.8, 4) is 0 Å². The van der Waals surface area contributed by atoms with E-state index in [0.717, 1.165) is 12.8 Å². The molecule has 1 atom stereocenters. The lowest BCUT2D eigenvalue weighted by Gasteiger charge is -2.14. The molecule has 4 nitrogen and oxygen atoms in total. The zero-order chi connectivity index (χ0) is 17.8. The van der Waals surface area contributed by atoms with E-state index in [1.165, 1.54) is 64.2 Å². The highest BCUT2D eigenvalue weighted by Crippen LogP contribution is 2.21. The third-order valence-electron chi connectivity index (χ3n) is 4.00. The second kappa shape index (κ2) is 21.4. The molecule has 1 unspecified atom stereocenters. The molecular formula is C19H40O4. The van der Waals surface area contributed by atoms with Crippen LogP contribution in [0.5, 0.6) is 0 Å². The molecule has 23 heavy (non-hydrogen) atoms. The number of hydrogen-bond acceptors (Lipinski definition) is 3. The fourth-order valence-electron chi connectivity index (χ4n) is 2.67. The van der Waals surface area contributed by atoms with Crippen molar-refractivity contribution in [2.24, 2.45) is 5.92 Å². The first-order valence-electron chi connectivity index (χ1n) is 9.55. The van der Waals surface area contributed by atoms with Crippen LogP contribution in [0.25, 0.3) is 0 Å². The molecule has 0 heterocycles. The van der Waals surface area contributed by atoms with Crippen LogP contribution < -0.4 is 0 Å². The summed E-state index contributed by atoms with van der Waals surface area (Å²) in [4.78, 5) is 10.9. The van der Waals surface area contributed by atoms with Crippen LogP contribution in [0.4, 0.5) is 0 Å². The first kappa shape index (κ1) is 24.6. The Morgan fingerprint density at radius 3 is 1.52 bits per heavy atom. The molecule has 0 rings (SSSR count). The van der Waals surface area contributed by atoms with Crippen molar-refractivity contribution >= 4 is 5.97 Å². The predicted molar refractivity (Wildman–Crippen MR) is 96.7 cm³/mol. The number of hydrogen-bond donors (Lipinski definition) is 3. The molecule has 0 saturated carbocycles. The molecule has 0 aliphatic carbocycles. The minimum Gasteiger partial charge on any atom is -0.481 e. The summed E-state index contributed by atoms with van der Waals surface area (Å²) in [5.74, 6) is -0.202. The Balaban J connectivity index is 0. The lowest BCUT2D eigenvalue weighted by molar-refractivity contribution is -0.138. The van der Waals surface area contributed by atoms with Gasteiger partial charge in [-0.1, -0.05) is 78.1 Å². The van der Waals surface area contributed by atoms with Crippen molar-refractivity contribution in [1.82, 2.24) is 0 Å². The summed E-state index contributed by atoms with van der Waals surface area (Å²) in [7, 11) is 0. The predicted octanol–water partition coefficient (Wildman–Crippen LogP) is 4.77. The Labute approximate surface area is 143 Å². The zero-order valence-electron chi connectivity index (χ0n) is 15.4. The monoisotopic (exact) mass is 332 g/mol. The quantitative estimate of drug-likeness (QED) is 0.377. The van der Waals surface area contributed by atoms with Gasteiger partial charge in [-0.05, 0) is 18.8 Å². The molecule has 3 N–H and O–H groups in total. The molecule has 0 bridgehead atoms. The largest absolute Gasteiger partial charge is 0.481 e. The molecule has 0 aliphatic heterocycles. The van der Waals surface area contributed by atoms with Gasteiger partial charge in [0.1, 0.15) is 0 Å². The number of aliphatic hydroxyl groups is 2. The summed E-state index contributed by atoms with van der Waals surface area (Å²) >= 11 is 0. The van der Waals surface area contributed by atoms with Crippen LogP contribution in [0.2, 0.25) is 0 Å². The molecule has 0 aromatic carbocycles. The van der Waals surface area contributed by atoms with Gasteiger partial charge in [0, 0.05) is 6.42 Å². The number of unbranched alkanes of at least 4 members (excludes halogenated alkanes) is 8. The summed E-state index contributed by atoms with van der Waals surface area (Å²) < 4.78 is 0. The van der Waals surface area contributed by atoms with Crippen molar-refractivity contribution < 1.29 is 20.1 Å². The standard InChI is InChI=1S/C17H34O2.C2H6O2/c1-3-5-7-9-10-12-14-16(15-17(18)19)13-11-8-6-4-2;3-1-2-4/h16H,3-15H2,1-2H3,(H,18,19);3-4H,1-2H2. The first-order valence-corrected chi connectivity index (χ1v) is 9.55. The zero-order valence-corrected chi connectivity index (χ0v) is 15.4. The van der Waals surface area contributed by atoms with E-state index in [0.29, 0.717) is 12.3 Å². The van der Waals surface area contributed by atoms with E-state index in [9.17, 15) is 4.79 Å². The molecular weight excluding hydrogens is 292 g/mol. The smallest absolute Gasteiger partial charge is 0.303 e. The second-order valence-electron chi connectivity index (χ2n) is 6.32. The Kier molecular flexibility index (Phi) is 22.9.